The normalized spacial score (nSPS) is 10.6. The summed E-state index contributed by atoms with van der Waals surface area (Å²) in [4.78, 5) is 24.5. The number of hydrogen-bond acceptors (Lipinski definition) is 5. The zero-order valence-electron chi connectivity index (χ0n) is 17.2. The van der Waals surface area contributed by atoms with E-state index in [9.17, 15) is 9.59 Å². The second-order valence-electron chi connectivity index (χ2n) is 6.77. The van der Waals surface area contributed by atoms with Crippen LogP contribution in [-0.2, 0) is 9.53 Å². The van der Waals surface area contributed by atoms with Crippen LogP contribution in [-0.4, -0.2) is 35.4 Å². The molecule has 156 valence electrons. The van der Waals surface area contributed by atoms with Crippen molar-refractivity contribution >= 4 is 29.2 Å². The summed E-state index contributed by atoms with van der Waals surface area (Å²) in [5.74, 6) is -0.527. The average Bonchev–Trinajstić information content (AvgIpc) is 2.99. The van der Waals surface area contributed by atoms with Crippen LogP contribution in [0.5, 0.6) is 5.75 Å². The molecule has 0 bridgehead atoms. The van der Waals surface area contributed by atoms with Crippen molar-refractivity contribution in [2.75, 3.05) is 19.0 Å². The molecule has 8 heteroatoms. The van der Waals surface area contributed by atoms with E-state index < -0.39 is 18.5 Å². The van der Waals surface area contributed by atoms with E-state index >= 15 is 0 Å². The van der Waals surface area contributed by atoms with Gasteiger partial charge in [-0.1, -0.05) is 17.7 Å². The molecular formula is C22H22ClN3O4. The Bertz CT molecular complexity index is 1090. The number of amides is 1. The molecule has 1 aromatic heterocycles. The number of anilines is 1. The van der Waals surface area contributed by atoms with E-state index in [0.29, 0.717) is 22.0 Å². The molecule has 1 amide bonds. The number of nitrogens with one attached hydrogen (secondary N) is 1. The molecule has 30 heavy (non-hydrogen) atoms. The van der Waals surface area contributed by atoms with Gasteiger partial charge in [-0.15, -0.1) is 0 Å². The Morgan fingerprint density at radius 2 is 1.80 bits per heavy atom. The van der Waals surface area contributed by atoms with Crippen LogP contribution in [0.3, 0.4) is 0 Å². The minimum absolute atomic E-state index is 0.326. The van der Waals surface area contributed by atoms with Gasteiger partial charge in [-0.05, 0) is 62.7 Å². The Labute approximate surface area is 179 Å². The van der Waals surface area contributed by atoms with Crippen molar-refractivity contribution in [1.82, 2.24) is 9.78 Å². The molecule has 0 fully saturated rings. The number of aryl methyl sites for hydroxylation is 2. The van der Waals surface area contributed by atoms with Gasteiger partial charge in [-0.2, -0.15) is 5.10 Å². The number of rotatable bonds is 6. The first-order chi connectivity index (χ1) is 14.3. The highest BCUT2D eigenvalue weighted by Crippen LogP contribution is 2.25. The van der Waals surface area contributed by atoms with Gasteiger partial charge in [-0.3, -0.25) is 4.79 Å². The maximum atomic E-state index is 12.3. The van der Waals surface area contributed by atoms with Crippen molar-refractivity contribution in [3.8, 4) is 11.4 Å². The van der Waals surface area contributed by atoms with Crippen LogP contribution >= 0.6 is 11.6 Å². The summed E-state index contributed by atoms with van der Waals surface area (Å²) in [6.45, 7) is 5.19. The van der Waals surface area contributed by atoms with E-state index in [4.69, 9.17) is 21.1 Å². The number of methoxy groups -OCH3 is 1. The first kappa shape index (κ1) is 21.4. The van der Waals surface area contributed by atoms with Gasteiger partial charge in [0, 0.05) is 0 Å². The number of ether oxygens (including phenoxy) is 2. The average molecular weight is 428 g/mol. The second-order valence-corrected chi connectivity index (χ2v) is 7.15. The number of esters is 1. The minimum Gasteiger partial charge on any atom is -0.495 e. The van der Waals surface area contributed by atoms with Crippen LogP contribution < -0.4 is 10.1 Å². The van der Waals surface area contributed by atoms with Crippen molar-refractivity contribution in [3.05, 3.63) is 70.0 Å². The molecule has 1 heterocycles. The molecule has 7 nitrogen and oxygen atoms in total. The lowest BCUT2D eigenvalue weighted by Crippen LogP contribution is -2.21. The summed E-state index contributed by atoms with van der Waals surface area (Å²) in [5, 5.41) is 7.67. The van der Waals surface area contributed by atoms with Crippen LogP contribution in [0.2, 0.25) is 5.02 Å². The van der Waals surface area contributed by atoms with Gasteiger partial charge in [0.2, 0.25) is 0 Å². The summed E-state index contributed by atoms with van der Waals surface area (Å²) in [6, 6.07) is 12.1. The van der Waals surface area contributed by atoms with Crippen LogP contribution in [0.25, 0.3) is 5.69 Å². The Morgan fingerprint density at radius 1 is 1.10 bits per heavy atom. The maximum absolute atomic E-state index is 12.3. The van der Waals surface area contributed by atoms with Gasteiger partial charge in [0.1, 0.15) is 5.75 Å². The molecule has 3 aromatic rings. The third-order valence-electron chi connectivity index (χ3n) is 4.51. The summed E-state index contributed by atoms with van der Waals surface area (Å²) in [6.07, 6.45) is 0. The molecule has 2 aromatic carbocycles. The first-order valence-corrected chi connectivity index (χ1v) is 9.61. The molecule has 0 spiro atoms. The van der Waals surface area contributed by atoms with Crippen molar-refractivity contribution in [3.63, 3.8) is 0 Å². The molecule has 0 saturated heterocycles. The van der Waals surface area contributed by atoms with E-state index in [1.165, 1.54) is 7.11 Å². The molecule has 0 aliphatic carbocycles. The van der Waals surface area contributed by atoms with Gasteiger partial charge in [0.05, 0.1) is 40.5 Å². The van der Waals surface area contributed by atoms with Crippen molar-refractivity contribution in [2.45, 2.75) is 20.8 Å². The maximum Gasteiger partial charge on any atom is 0.338 e. The number of aromatic nitrogens is 2. The quantitative estimate of drug-likeness (QED) is 0.594. The van der Waals surface area contributed by atoms with E-state index in [2.05, 4.69) is 10.4 Å². The molecule has 0 atom stereocenters. The first-order valence-electron chi connectivity index (χ1n) is 9.24. The van der Waals surface area contributed by atoms with E-state index in [-0.39, 0.29) is 0 Å². The molecule has 0 saturated carbocycles. The summed E-state index contributed by atoms with van der Waals surface area (Å²) < 4.78 is 12.1. The number of carbonyl (C=O) groups is 2. The monoisotopic (exact) mass is 427 g/mol. The Morgan fingerprint density at radius 3 is 2.40 bits per heavy atom. The predicted molar refractivity (Wildman–Crippen MR) is 115 cm³/mol. The van der Waals surface area contributed by atoms with E-state index in [1.54, 1.807) is 41.1 Å². The van der Waals surface area contributed by atoms with Gasteiger partial charge >= 0.3 is 5.97 Å². The molecule has 3 rings (SSSR count). The fourth-order valence-corrected chi connectivity index (χ4v) is 3.05. The summed E-state index contributed by atoms with van der Waals surface area (Å²) in [5.41, 5.74) is 4.12. The highest BCUT2D eigenvalue weighted by atomic mass is 35.5. The van der Waals surface area contributed by atoms with Gasteiger partial charge in [0.25, 0.3) is 5.91 Å². The van der Waals surface area contributed by atoms with Crippen molar-refractivity contribution in [2.24, 2.45) is 0 Å². The number of carbonyl (C=O) groups excluding carboxylic acids is 2. The lowest BCUT2D eigenvalue weighted by molar-refractivity contribution is -0.119. The predicted octanol–water partition coefficient (Wildman–Crippen LogP) is 4.26. The largest absolute Gasteiger partial charge is 0.495 e. The fourth-order valence-electron chi connectivity index (χ4n) is 2.93. The molecule has 0 radical (unpaired) electrons. The highest BCUT2D eigenvalue weighted by Gasteiger charge is 2.14. The fraction of sp³-hybridized carbons (Fsp3) is 0.227. The number of benzene rings is 2. The lowest BCUT2D eigenvalue weighted by atomic mass is 10.2. The van der Waals surface area contributed by atoms with Crippen molar-refractivity contribution < 1.29 is 19.1 Å². The Balaban J connectivity index is 1.62. The SMILES string of the molecule is COc1ccc(C)cc1NC(=O)COC(=O)c1ccc(-n2nc(C)c(Cl)c2C)cc1. The zero-order chi connectivity index (χ0) is 21.8. The van der Waals surface area contributed by atoms with Crippen LogP contribution in [0.1, 0.15) is 27.3 Å². The lowest BCUT2D eigenvalue weighted by Gasteiger charge is -2.11. The second kappa shape index (κ2) is 9.00. The Kier molecular flexibility index (Phi) is 6.42. The van der Waals surface area contributed by atoms with Crippen molar-refractivity contribution in [1.29, 1.82) is 0 Å². The third kappa shape index (κ3) is 4.63. The molecule has 0 aliphatic rings. The van der Waals surface area contributed by atoms with Gasteiger partial charge in [-0.25, -0.2) is 9.48 Å². The molecule has 0 aliphatic heterocycles. The van der Waals surface area contributed by atoms with Crippen LogP contribution in [0, 0.1) is 20.8 Å². The highest BCUT2D eigenvalue weighted by molar-refractivity contribution is 6.31. The van der Waals surface area contributed by atoms with Gasteiger partial charge < -0.3 is 14.8 Å². The van der Waals surface area contributed by atoms with Gasteiger partial charge in [0.15, 0.2) is 6.61 Å². The third-order valence-corrected chi connectivity index (χ3v) is 5.06. The number of halogens is 1. The van der Waals surface area contributed by atoms with Crippen LogP contribution in [0.4, 0.5) is 5.69 Å². The number of hydrogen-bond donors (Lipinski definition) is 1. The number of nitrogens with zero attached hydrogens (tertiary/aromatic N) is 2. The summed E-state index contributed by atoms with van der Waals surface area (Å²) in [7, 11) is 1.52. The standard InChI is InChI=1S/C22H22ClN3O4/c1-13-5-10-19(29-4)18(11-13)24-20(27)12-30-22(28)16-6-8-17(9-7-16)26-15(3)21(23)14(2)25-26/h5-11H,12H2,1-4H3,(H,24,27). The molecule has 1 N–H and O–H groups in total. The topological polar surface area (TPSA) is 82.5 Å². The Hall–Kier alpha value is -3.32. The van der Waals surface area contributed by atoms with E-state index in [0.717, 1.165) is 22.6 Å². The molecular weight excluding hydrogens is 406 g/mol. The minimum atomic E-state index is -0.598. The summed E-state index contributed by atoms with van der Waals surface area (Å²) >= 11 is 6.18. The smallest absolute Gasteiger partial charge is 0.338 e. The zero-order valence-corrected chi connectivity index (χ0v) is 17.9. The van der Waals surface area contributed by atoms with Crippen LogP contribution in [0.15, 0.2) is 42.5 Å². The molecule has 0 unspecified atom stereocenters. The van der Waals surface area contributed by atoms with E-state index in [1.807, 2.05) is 26.8 Å².